The maximum Gasteiger partial charge on any atom is 0.160 e. The summed E-state index contributed by atoms with van der Waals surface area (Å²) in [6.07, 6.45) is 2.51. The van der Waals surface area contributed by atoms with Gasteiger partial charge in [0, 0.05) is 24.2 Å². The van der Waals surface area contributed by atoms with Crippen molar-refractivity contribution in [1.29, 1.82) is 0 Å². The van der Waals surface area contributed by atoms with Crippen LogP contribution in [-0.2, 0) is 4.79 Å². The molecule has 0 bridgehead atoms. The zero-order valence-corrected chi connectivity index (χ0v) is 8.81. The van der Waals surface area contributed by atoms with Gasteiger partial charge >= 0.3 is 0 Å². The largest absolute Gasteiger partial charge is 0.388 e. The lowest BCUT2D eigenvalue weighted by molar-refractivity contribution is -0.115. The SMILES string of the molecule is CCC1=C(NCC(C)C)CCC1=O. The van der Waals surface area contributed by atoms with E-state index >= 15 is 0 Å². The van der Waals surface area contributed by atoms with Crippen LogP contribution in [0.5, 0.6) is 0 Å². The summed E-state index contributed by atoms with van der Waals surface area (Å²) in [5.41, 5.74) is 2.22. The Morgan fingerprint density at radius 1 is 1.38 bits per heavy atom. The molecule has 0 fully saturated rings. The minimum atomic E-state index is 0.341. The molecule has 1 rings (SSSR count). The van der Waals surface area contributed by atoms with Gasteiger partial charge in [-0.25, -0.2) is 0 Å². The fourth-order valence-electron chi connectivity index (χ4n) is 1.64. The van der Waals surface area contributed by atoms with Crippen LogP contribution in [0.1, 0.15) is 40.0 Å². The molecule has 1 aliphatic rings. The molecule has 2 heteroatoms. The molecular weight excluding hydrogens is 162 g/mol. The van der Waals surface area contributed by atoms with Crippen LogP contribution in [0.15, 0.2) is 11.3 Å². The van der Waals surface area contributed by atoms with Crippen LogP contribution < -0.4 is 5.32 Å². The van der Waals surface area contributed by atoms with Crippen molar-refractivity contribution in [3.05, 3.63) is 11.3 Å². The third-order valence-corrected chi connectivity index (χ3v) is 2.38. The maximum atomic E-state index is 11.4. The second-order valence-electron chi connectivity index (χ2n) is 4.01. The summed E-state index contributed by atoms with van der Waals surface area (Å²) < 4.78 is 0. The van der Waals surface area contributed by atoms with E-state index in [9.17, 15) is 4.79 Å². The van der Waals surface area contributed by atoms with Crippen LogP contribution in [0.4, 0.5) is 0 Å². The summed E-state index contributed by atoms with van der Waals surface area (Å²) in [6, 6.07) is 0. The molecular formula is C11H19NO. The Balaban J connectivity index is 2.56. The van der Waals surface area contributed by atoms with Crippen LogP contribution >= 0.6 is 0 Å². The summed E-state index contributed by atoms with van der Waals surface area (Å²) in [4.78, 5) is 11.4. The van der Waals surface area contributed by atoms with E-state index in [-0.39, 0.29) is 0 Å². The molecule has 0 aromatic rings. The summed E-state index contributed by atoms with van der Waals surface area (Å²) in [5, 5.41) is 3.37. The zero-order valence-electron chi connectivity index (χ0n) is 8.81. The molecule has 0 amide bonds. The van der Waals surface area contributed by atoms with Crippen LogP contribution in [0.3, 0.4) is 0 Å². The number of allylic oxidation sites excluding steroid dienone is 2. The molecule has 0 atom stereocenters. The first-order valence-corrected chi connectivity index (χ1v) is 5.14. The van der Waals surface area contributed by atoms with Crippen molar-refractivity contribution < 1.29 is 4.79 Å². The lowest BCUT2D eigenvalue weighted by Crippen LogP contribution is -2.19. The van der Waals surface area contributed by atoms with Crippen LogP contribution in [0.25, 0.3) is 0 Å². The van der Waals surface area contributed by atoms with Gasteiger partial charge < -0.3 is 5.32 Å². The molecule has 74 valence electrons. The van der Waals surface area contributed by atoms with Crippen molar-refractivity contribution in [3.8, 4) is 0 Å². The molecule has 0 aliphatic heterocycles. The van der Waals surface area contributed by atoms with Crippen LogP contribution in [0.2, 0.25) is 0 Å². The average Bonchev–Trinajstić information content (AvgIpc) is 2.42. The Hall–Kier alpha value is -0.790. The first kappa shape index (κ1) is 10.3. The van der Waals surface area contributed by atoms with Crippen molar-refractivity contribution in [2.45, 2.75) is 40.0 Å². The Labute approximate surface area is 80.4 Å². The quantitative estimate of drug-likeness (QED) is 0.720. The molecule has 0 saturated heterocycles. The highest BCUT2D eigenvalue weighted by atomic mass is 16.1. The standard InChI is InChI=1S/C11H19NO/c1-4-9-10(5-6-11(9)13)12-7-8(2)3/h8,12H,4-7H2,1-3H3. The van der Waals surface area contributed by atoms with Gasteiger partial charge in [0.25, 0.3) is 0 Å². The number of ketones is 1. The maximum absolute atomic E-state index is 11.4. The summed E-state index contributed by atoms with van der Waals surface area (Å²) in [6.45, 7) is 7.38. The normalized spacial score (nSPS) is 17.4. The molecule has 0 aromatic heterocycles. The van der Waals surface area contributed by atoms with Gasteiger partial charge in [-0.15, -0.1) is 0 Å². The molecule has 1 aliphatic carbocycles. The van der Waals surface area contributed by atoms with Gasteiger partial charge in [-0.3, -0.25) is 4.79 Å². The van der Waals surface area contributed by atoms with Crippen molar-refractivity contribution in [1.82, 2.24) is 5.32 Å². The van der Waals surface area contributed by atoms with E-state index in [4.69, 9.17) is 0 Å². The molecule has 1 N–H and O–H groups in total. The number of hydrogen-bond donors (Lipinski definition) is 1. The highest BCUT2D eigenvalue weighted by Gasteiger charge is 2.20. The summed E-state index contributed by atoms with van der Waals surface area (Å²) in [7, 11) is 0. The third-order valence-electron chi connectivity index (χ3n) is 2.38. The van der Waals surface area contributed by atoms with Gasteiger partial charge in [-0.05, 0) is 18.8 Å². The number of carbonyl (C=O) groups is 1. The Morgan fingerprint density at radius 3 is 2.62 bits per heavy atom. The van der Waals surface area contributed by atoms with E-state index in [0.717, 1.165) is 25.0 Å². The fraction of sp³-hybridized carbons (Fsp3) is 0.727. The molecule has 0 saturated carbocycles. The van der Waals surface area contributed by atoms with Gasteiger partial charge in [0.1, 0.15) is 0 Å². The number of nitrogens with one attached hydrogen (secondary N) is 1. The molecule has 0 heterocycles. The number of Topliss-reactive ketones (excluding diaryl/α,β-unsaturated/α-hetero) is 1. The van der Waals surface area contributed by atoms with E-state index in [1.165, 1.54) is 5.70 Å². The lowest BCUT2D eigenvalue weighted by Gasteiger charge is -2.10. The number of carbonyl (C=O) groups excluding carboxylic acids is 1. The molecule has 0 aromatic carbocycles. The average molecular weight is 181 g/mol. The van der Waals surface area contributed by atoms with E-state index in [1.807, 2.05) is 0 Å². The topological polar surface area (TPSA) is 29.1 Å². The van der Waals surface area contributed by atoms with Crippen LogP contribution in [0, 0.1) is 5.92 Å². The fourth-order valence-corrected chi connectivity index (χ4v) is 1.64. The highest BCUT2D eigenvalue weighted by Crippen LogP contribution is 2.23. The molecule has 0 unspecified atom stereocenters. The smallest absolute Gasteiger partial charge is 0.160 e. The van der Waals surface area contributed by atoms with E-state index in [2.05, 4.69) is 26.1 Å². The number of rotatable bonds is 4. The molecule has 0 spiro atoms. The van der Waals surface area contributed by atoms with Crippen molar-refractivity contribution in [3.63, 3.8) is 0 Å². The predicted molar refractivity (Wildman–Crippen MR) is 54.4 cm³/mol. The Kier molecular flexibility index (Phi) is 3.52. The van der Waals surface area contributed by atoms with Gasteiger partial charge in [0.15, 0.2) is 5.78 Å². The van der Waals surface area contributed by atoms with Crippen molar-refractivity contribution >= 4 is 5.78 Å². The van der Waals surface area contributed by atoms with Gasteiger partial charge in [-0.1, -0.05) is 20.8 Å². The van der Waals surface area contributed by atoms with Crippen molar-refractivity contribution in [2.75, 3.05) is 6.54 Å². The molecule has 0 radical (unpaired) electrons. The van der Waals surface area contributed by atoms with E-state index in [0.29, 0.717) is 18.1 Å². The molecule has 2 nitrogen and oxygen atoms in total. The van der Waals surface area contributed by atoms with Gasteiger partial charge in [0.05, 0.1) is 0 Å². The minimum Gasteiger partial charge on any atom is -0.388 e. The van der Waals surface area contributed by atoms with E-state index in [1.54, 1.807) is 0 Å². The highest BCUT2D eigenvalue weighted by molar-refractivity contribution is 5.98. The second-order valence-corrected chi connectivity index (χ2v) is 4.01. The first-order valence-electron chi connectivity index (χ1n) is 5.14. The Bertz CT molecular complexity index is 228. The Morgan fingerprint density at radius 2 is 2.08 bits per heavy atom. The zero-order chi connectivity index (χ0) is 9.84. The second kappa shape index (κ2) is 4.45. The van der Waals surface area contributed by atoms with Crippen molar-refractivity contribution in [2.24, 2.45) is 5.92 Å². The number of hydrogen-bond acceptors (Lipinski definition) is 2. The predicted octanol–water partition coefficient (Wildman–Crippen LogP) is 2.26. The van der Waals surface area contributed by atoms with Gasteiger partial charge in [-0.2, -0.15) is 0 Å². The third kappa shape index (κ3) is 2.58. The van der Waals surface area contributed by atoms with Gasteiger partial charge in [0.2, 0.25) is 0 Å². The molecule has 13 heavy (non-hydrogen) atoms. The van der Waals surface area contributed by atoms with Crippen LogP contribution in [-0.4, -0.2) is 12.3 Å². The monoisotopic (exact) mass is 181 g/mol. The summed E-state index contributed by atoms with van der Waals surface area (Å²) >= 11 is 0. The summed E-state index contributed by atoms with van der Waals surface area (Å²) in [5.74, 6) is 0.982. The van der Waals surface area contributed by atoms with E-state index < -0.39 is 0 Å². The first-order chi connectivity index (χ1) is 6.15. The lowest BCUT2D eigenvalue weighted by atomic mass is 10.1. The minimum absolute atomic E-state index is 0.341.